The van der Waals surface area contributed by atoms with E-state index in [9.17, 15) is 9.59 Å². The Kier molecular flexibility index (Phi) is 4.15. The molecule has 2 aromatic carbocycles. The zero-order valence-electron chi connectivity index (χ0n) is 13.2. The molecule has 0 unspecified atom stereocenters. The molecule has 1 amide bonds. The van der Waals surface area contributed by atoms with E-state index >= 15 is 0 Å². The molecule has 4 heteroatoms. The maximum absolute atomic E-state index is 12.7. The van der Waals surface area contributed by atoms with E-state index in [1.165, 1.54) is 0 Å². The highest BCUT2D eigenvalue weighted by Gasteiger charge is 2.40. The summed E-state index contributed by atoms with van der Waals surface area (Å²) in [4.78, 5) is 24.4. The number of carbonyl (C=O) groups excluding carboxylic acids is 2. The lowest BCUT2D eigenvalue weighted by molar-refractivity contribution is -0.141. The highest BCUT2D eigenvalue weighted by molar-refractivity contribution is 5.97. The van der Waals surface area contributed by atoms with E-state index in [1.807, 2.05) is 62.4 Å². The van der Waals surface area contributed by atoms with Crippen LogP contribution in [0.1, 0.15) is 29.2 Å². The highest BCUT2D eigenvalue weighted by atomic mass is 16.6. The zero-order valence-corrected chi connectivity index (χ0v) is 13.2. The summed E-state index contributed by atoms with van der Waals surface area (Å²) in [5, 5.41) is 2.97. The van der Waals surface area contributed by atoms with Crippen molar-refractivity contribution in [3.05, 3.63) is 65.2 Å². The van der Waals surface area contributed by atoms with Gasteiger partial charge in [0.15, 0.2) is 0 Å². The van der Waals surface area contributed by atoms with Crippen molar-refractivity contribution in [2.75, 3.05) is 5.32 Å². The molecule has 2 aromatic rings. The minimum Gasteiger partial charge on any atom is -0.457 e. The first-order chi connectivity index (χ1) is 11.1. The summed E-state index contributed by atoms with van der Waals surface area (Å²) < 4.78 is 5.38. The SMILES string of the molecule is Cc1cccc(C)c1NC(=O)[C@H]1CC(=O)O[C@@H]1c1ccccc1. The number of hydrogen-bond acceptors (Lipinski definition) is 3. The molecule has 0 aliphatic carbocycles. The van der Waals surface area contributed by atoms with E-state index in [0.717, 1.165) is 22.4 Å². The van der Waals surface area contributed by atoms with Crippen LogP contribution in [0.3, 0.4) is 0 Å². The molecule has 2 atom stereocenters. The van der Waals surface area contributed by atoms with Crippen LogP contribution < -0.4 is 5.32 Å². The van der Waals surface area contributed by atoms with Crippen LogP contribution in [0.2, 0.25) is 0 Å². The van der Waals surface area contributed by atoms with Gasteiger partial charge in [-0.3, -0.25) is 9.59 Å². The monoisotopic (exact) mass is 309 g/mol. The molecule has 0 bridgehead atoms. The maximum atomic E-state index is 12.7. The number of rotatable bonds is 3. The van der Waals surface area contributed by atoms with Gasteiger partial charge in [0.25, 0.3) is 0 Å². The largest absolute Gasteiger partial charge is 0.457 e. The van der Waals surface area contributed by atoms with Gasteiger partial charge in [-0.25, -0.2) is 0 Å². The highest BCUT2D eigenvalue weighted by Crippen LogP contribution is 2.36. The Balaban J connectivity index is 1.84. The molecule has 1 aliphatic heterocycles. The normalized spacial score (nSPS) is 20.2. The van der Waals surface area contributed by atoms with Crippen LogP contribution in [-0.4, -0.2) is 11.9 Å². The second-order valence-electron chi connectivity index (χ2n) is 5.89. The maximum Gasteiger partial charge on any atom is 0.307 e. The van der Waals surface area contributed by atoms with Crippen molar-refractivity contribution in [2.45, 2.75) is 26.4 Å². The van der Waals surface area contributed by atoms with Crippen LogP contribution in [0.25, 0.3) is 0 Å². The number of para-hydroxylation sites is 1. The molecular weight excluding hydrogens is 290 g/mol. The third-order valence-corrected chi connectivity index (χ3v) is 4.20. The summed E-state index contributed by atoms with van der Waals surface area (Å²) in [6.45, 7) is 3.90. The first-order valence-corrected chi connectivity index (χ1v) is 7.68. The number of benzene rings is 2. The molecule has 1 N–H and O–H groups in total. The van der Waals surface area contributed by atoms with Gasteiger partial charge in [0.2, 0.25) is 5.91 Å². The average molecular weight is 309 g/mol. The molecule has 1 saturated heterocycles. The van der Waals surface area contributed by atoms with Crippen molar-refractivity contribution in [3.8, 4) is 0 Å². The fourth-order valence-electron chi connectivity index (χ4n) is 2.96. The van der Waals surface area contributed by atoms with Gasteiger partial charge in [0, 0.05) is 5.69 Å². The topological polar surface area (TPSA) is 55.4 Å². The predicted octanol–water partition coefficient (Wildman–Crippen LogP) is 3.55. The second-order valence-corrected chi connectivity index (χ2v) is 5.89. The van der Waals surface area contributed by atoms with Gasteiger partial charge in [-0.2, -0.15) is 0 Å². The number of ether oxygens (including phenoxy) is 1. The molecule has 0 spiro atoms. The number of aryl methyl sites for hydroxylation is 2. The van der Waals surface area contributed by atoms with E-state index in [2.05, 4.69) is 5.32 Å². The summed E-state index contributed by atoms with van der Waals surface area (Å²) in [5.41, 5.74) is 3.66. The molecular formula is C19H19NO3. The Hall–Kier alpha value is -2.62. The number of anilines is 1. The number of hydrogen-bond donors (Lipinski definition) is 1. The molecule has 1 aliphatic rings. The lowest BCUT2D eigenvalue weighted by Gasteiger charge is -2.19. The fraction of sp³-hybridized carbons (Fsp3) is 0.263. The number of cyclic esters (lactones) is 1. The summed E-state index contributed by atoms with van der Waals surface area (Å²) in [7, 11) is 0. The van der Waals surface area contributed by atoms with Crippen molar-refractivity contribution >= 4 is 17.6 Å². The Morgan fingerprint density at radius 1 is 1.04 bits per heavy atom. The lowest BCUT2D eigenvalue weighted by Crippen LogP contribution is -2.26. The van der Waals surface area contributed by atoms with E-state index in [-0.39, 0.29) is 18.3 Å². The zero-order chi connectivity index (χ0) is 16.4. The van der Waals surface area contributed by atoms with Gasteiger partial charge in [0.05, 0.1) is 12.3 Å². The number of esters is 1. The number of carbonyl (C=O) groups is 2. The summed E-state index contributed by atoms with van der Waals surface area (Å²) in [5.74, 6) is -1.02. The minimum absolute atomic E-state index is 0.107. The van der Waals surface area contributed by atoms with Crippen molar-refractivity contribution in [3.63, 3.8) is 0 Å². The molecule has 1 fully saturated rings. The number of amides is 1. The van der Waals surface area contributed by atoms with Crippen LogP contribution in [0.4, 0.5) is 5.69 Å². The van der Waals surface area contributed by atoms with Gasteiger partial charge in [0.1, 0.15) is 6.10 Å². The van der Waals surface area contributed by atoms with E-state index in [4.69, 9.17) is 4.74 Å². The first-order valence-electron chi connectivity index (χ1n) is 7.68. The minimum atomic E-state index is -0.520. The van der Waals surface area contributed by atoms with Crippen LogP contribution in [0.5, 0.6) is 0 Å². The van der Waals surface area contributed by atoms with Crippen LogP contribution >= 0.6 is 0 Å². The Labute approximate surface area is 135 Å². The van der Waals surface area contributed by atoms with E-state index in [0.29, 0.717) is 0 Å². The van der Waals surface area contributed by atoms with Crippen molar-refractivity contribution < 1.29 is 14.3 Å². The van der Waals surface area contributed by atoms with Gasteiger partial charge in [-0.1, -0.05) is 48.5 Å². The molecule has 118 valence electrons. The van der Waals surface area contributed by atoms with Gasteiger partial charge >= 0.3 is 5.97 Å². The second kappa shape index (κ2) is 6.24. The fourth-order valence-corrected chi connectivity index (χ4v) is 2.96. The Bertz CT molecular complexity index is 719. The lowest BCUT2D eigenvalue weighted by atomic mass is 9.94. The summed E-state index contributed by atoms with van der Waals surface area (Å²) in [6, 6.07) is 15.3. The average Bonchev–Trinajstić information content (AvgIpc) is 2.94. The van der Waals surface area contributed by atoms with Crippen molar-refractivity contribution in [1.82, 2.24) is 0 Å². The third kappa shape index (κ3) is 3.11. The molecule has 0 radical (unpaired) electrons. The summed E-state index contributed by atoms with van der Waals surface area (Å²) in [6.07, 6.45) is -0.413. The van der Waals surface area contributed by atoms with E-state index in [1.54, 1.807) is 0 Å². The molecule has 23 heavy (non-hydrogen) atoms. The molecule has 4 nitrogen and oxygen atoms in total. The quantitative estimate of drug-likeness (QED) is 0.882. The smallest absolute Gasteiger partial charge is 0.307 e. The summed E-state index contributed by atoms with van der Waals surface area (Å²) >= 11 is 0. The van der Waals surface area contributed by atoms with E-state index < -0.39 is 12.0 Å². The van der Waals surface area contributed by atoms with Crippen LogP contribution in [0, 0.1) is 19.8 Å². The molecule has 0 aromatic heterocycles. The molecule has 1 heterocycles. The third-order valence-electron chi connectivity index (χ3n) is 4.20. The van der Waals surface area contributed by atoms with Gasteiger partial charge < -0.3 is 10.1 Å². The Morgan fingerprint density at radius 3 is 2.35 bits per heavy atom. The van der Waals surface area contributed by atoms with Crippen LogP contribution in [-0.2, 0) is 14.3 Å². The number of nitrogens with one attached hydrogen (secondary N) is 1. The van der Waals surface area contributed by atoms with Gasteiger partial charge in [-0.05, 0) is 30.5 Å². The Morgan fingerprint density at radius 2 is 1.70 bits per heavy atom. The standard InChI is InChI=1S/C19H19NO3/c1-12-7-6-8-13(2)17(12)20-19(22)15-11-16(21)23-18(15)14-9-4-3-5-10-14/h3-10,15,18H,11H2,1-2H3,(H,20,22)/t15-,18+/m0/s1. The molecule has 3 rings (SSSR count). The van der Waals surface area contributed by atoms with Gasteiger partial charge in [-0.15, -0.1) is 0 Å². The van der Waals surface area contributed by atoms with Crippen LogP contribution in [0.15, 0.2) is 48.5 Å². The van der Waals surface area contributed by atoms with Crippen molar-refractivity contribution in [1.29, 1.82) is 0 Å². The predicted molar refractivity (Wildman–Crippen MR) is 87.9 cm³/mol. The van der Waals surface area contributed by atoms with Crippen molar-refractivity contribution in [2.24, 2.45) is 5.92 Å². The molecule has 0 saturated carbocycles. The first kappa shape index (κ1) is 15.3.